The first kappa shape index (κ1) is 20.6. The van der Waals surface area contributed by atoms with E-state index in [9.17, 15) is 4.79 Å². The number of carbonyl (C=O) groups excluding carboxylic acids is 1. The van der Waals surface area contributed by atoms with Gasteiger partial charge in [0.2, 0.25) is 11.7 Å². The van der Waals surface area contributed by atoms with Gasteiger partial charge in [-0.1, -0.05) is 12.1 Å². The Balaban J connectivity index is 1.32. The Labute approximate surface area is 180 Å². The van der Waals surface area contributed by atoms with Crippen LogP contribution in [0.3, 0.4) is 0 Å². The summed E-state index contributed by atoms with van der Waals surface area (Å²) in [6, 6.07) is 9.62. The maximum Gasteiger partial charge on any atom is 0.264 e. The summed E-state index contributed by atoms with van der Waals surface area (Å²) < 4.78 is 10.6. The average molecular weight is 427 g/mol. The van der Waals surface area contributed by atoms with Crippen LogP contribution in [0.25, 0.3) is 11.4 Å². The second kappa shape index (κ2) is 8.97. The van der Waals surface area contributed by atoms with Crippen LogP contribution >= 0.6 is 11.3 Å². The number of amides is 1. The van der Waals surface area contributed by atoms with Gasteiger partial charge in [0.05, 0.1) is 18.5 Å². The number of hydrogen-bond donors (Lipinski definition) is 0. The average Bonchev–Trinajstić information content (AvgIpc) is 3.40. The molecule has 30 heavy (non-hydrogen) atoms. The summed E-state index contributed by atoms with van der Waals surface area (Å²) >= 11 is 1.60. The molecule has 3 aromatic rings. The minimum Gasteiger partial charge on any atom is -0.497 e. The Kier molecular flexibility index (Phi) is 6.15. The van der Waals surface area contributed by atoms with Gasteiger partial charge in [-0.3, -0.25) is 9.69 Å². The summed E-state index contributed by atoms with van der Waals surface area (Å²) in [6.45, 7) is 7.78. The molecule has 0 atom stereocenters. The molecule has 2 aromatic heterocycles. The predicted molar refractivity (Wildman–Crippen MR) is 116 cm³/mol. The summed E-state index contributed by atoms with van der Waals surface area (Å²) in [5, 5.41) is 4.09. The standard InChI is InChI=1S/C22H26N4O3S/c1-4-16-13-19(30-15(16)2)22(27)26-11-9-25(10-12-26)14-20-23-21(24-29-20)17-5-7-18(28-3)8-6-17/h5-8,13H,4,9-12,14H2,1-3H3. The zero-order valence-corrected chi connectivity index (χ0v) is 18.4. The van der Waals surface area contributed by atoms with E-state index in [1.807, 2.05) is 35.2 Å². The molecule has 0 saturated carbocycles. The molecule has 1 fully saturated rings. The normalized spacial score (nSPS) is 14.8. The molecule has 0 aliphatic carbocycles. The first-order chi connectivity index (χ1) is 14.6. The number of thiophene rings is 1. The van der Waals surface area contributed by atoms with Gasteiger partial charge in [0.1, 0.15) is 5.75 Å². The molecule has 1 saturated heterocycles. The smallest absolute Gasteiger partial charge is 0.264 e. The van der Waals surface area contributed by atoms with Crippen LogP contribution in [0.15, 0.2) is 34.9 Å². The van der Waals surface area contributed by atoms with Gasteiger partial charge in [0.25, 0.3) is 5.91 Å². The Morgan fingerprint density at radius 1 is 1.20 bits per heavy atom. The van der Waals surface area contributed by atoms with Crippen LogP contribution in [-0.4, -0.2) is 59.1 Å². The molecule has 7 nitrogen and oxygen atoms in total. The number of carbonyl (C=O) groups is 1. The van der Waals surface area contributed by atoms with E-state index in [0.717, 1.165) is 35.7 Å². The quantitative estimate of drug-likeness (QED) is 0.599. The lowest BCUT2D eigenvalue weighted by Gasteiger charge is -2.33. The predicted octanol–water partition coefficient (Wildman–Crippen LogP) is 3.64. The molecule has 3 heterocycles. The number of piperazine rings is 1. The van der Waals surface area contributed by atoms with Crippen LogP contribution in [0, 0.1) is 6.92 Å². The van der Waals surface area contributed by atoms with Crippen molar-refractivity contribution in [2.24, 2.45) is 0 Å². The highest BCUT2D eigenvalue weighted by Gasteiger charge is 2.25. The van der Waals surface area contributed by atoms with Crippen LogP contribution in [0.1, 0.15) is 32.9 Å². The maximum absolute atomic E-state index is 12.8. The van der Waals surface area contributed by atoms with Crippen molar-refractivity contribution in [3.8, 4) is 17.1 Å². The number of ether oxygens (including phenoxy) is 1. The van der Waals surface area contributed by atoms with E-state index in [1.54, 1.807) is 18.4 Å². The van der Waals surface area contributed by atoms with E-state index in [4.69, 9.17) is 9.26 Å². The minimum atomic E-state index is 0.141. The fourth-order valence-corrected chi connectivity index (χ4v) is 4.69. The molecule has 0 N–H and O–H groups in total. The number of nitrogens with zero attached hydrogens (tertiary/aromatic N) is 4. The molecule has 1 amide bonds. The van der Waals surface area contributed by atoms with Crippen molar-refractivity contribution in [2.45, 2.75) is 26.8 Å². The number of aromatic nitrogens is 2. The lowest BCUT2D eigenvalue weighted by molar-refractivity contribution is 0.0619. The van der Waals surface area contributed by atoms with E-state index in [1.165, 1.54) is 10.4 Å². The Morgan fingerprint density at radius 3 is 2.57 bits per heavy atom. The number of aryl methyl sites for hydroxylation is 2. The second-order valence-electron chi connectivity index (χ2n) is 7.35. The summed E-state index contributed by atoms with van der Waals surface area (Å²) in [4.78, 5) is 23.6. The van der Waals surface area contributed by atoms with Crippen molar-refractivity contribution < 1.29 is 14.1 Å². The molecule has 0 spiro atoms. The van der Waals surface area contributed by atoms with Crippen LogP contribution in [0.5, 0.6) is 5.75 Å². The number of methoxy groups -OCH3 is 1. The van der Waals surface area contributed by atoms with Gasteiger partial charge in [0, 0.05) is 36.6 Å². The molecule has 1 aliphatic rings. The third-order valence-corrected chi connectivity index (χ3v) is 6.53. The van der Waals surface area contributed by atoms with Crippen molar-refractivity contribution in [1.29, 1.82) is 0 Å². The molecule has 1 aromatic carbocycles. The van der Waals surface area contributed by atoms with Crippen LogP contribution in [0.4, 0.5) is 0 Å². The highest BCUT2D eigenvalue weighted by Crippen LogP contribution is 2.24. The Hall–Kier alpha value is -2.71. The molecule has 8 heteroatoms. The molecule has 4 rings (SSSR count). The maximum atomic E-state index is 12.8. The second-order valence-corrected chi connectivity index (χ2v) is 8.61. The molecule has 1 aliphatic heterocycles. The minimum absolute atomic E-state index is 0.141. The summed E-state index contributed by atoms with van der Waals surface area (Å²) in [5.41, 5.74) is 2.16. The fourth-order valence-electron chi connectivity index (χ4n) is 3.61. The SMILES string of the molecule is CCc1cc(C(=O)N2CCN(Cc3nc(-c4ccc(OC)cc4)no3)CC2)sc1C. The number of hydrogen-bond acceptors (Lipinski definition) is 7. The lowest BCUT2D eigenvalue weighted by atomic mass is 10.2. The van der Waals surface area contributed by atoms with Gasteiger partial charge in [-0.05, 0) is 49.2 Å². The summed E-state index contributed by atoms with van der Waals surface area (Å²) in [7, 11) is 1.64. The van der Waals surface area contributed by atoms with E-state index in [2.05, 4.69) is 28.9 Å². The summed E-state index contributed by atoms with van der Waals surface area (Å²) in [6.07, 6.45) is 0.964. The number of benzene rings is 1. The molecular formula is C22H26N4O3S. The van der Waals surface area contributed by atoms with Crippen LogP contribution < -0.4 is 4.74 Å². The van der Waals surface area contributed by atoms with Gasteiger partial charge >= 0.3 is 0 Å². The first-order valence-corrected chi connectivity index (χ1v) is 11.0. The van der Waals surface area contributed by atoms with Gasteiger partial charge in [-0.2, -0.15) is 4.98 Å². The Bertz CT molecular complexity index is 1000. The fraction of sp³-hybridized carbons (Fsp3) is 0.409. The van der Waals surface area contributed by atoms with Gasteiger partial charge in [-0.15, -0.1) is 11.3 Å². The van der Waals surface area contributed by atoms with Crippen molar-refractivity contribution in [3.05, 3.63) is 51.5 Å². The third-order valence-electron chi connectivity index (χ3n) is 5.45. The van der Waals surface area contributed by atoms with Gasteiger partial charge in [-0.25, -0.2) is 0 Å². The summed E-state index contributed by atoms with van der Waals surface area (Å²) in [5.74, 6) is 2.09. The van der Waals surface area contributed by atoms with Crippen LogP contribution in [-0.2, 0) is 13.0 Å². The zero-order valence-electron chi connectivity index (χ0n) is 17.6. The Morgan fingerprint density at radius 2 is 1.93 bits per heavy atom. The molecule has 158 valence electrons. The largest absolute Gasteiger partial charge is 0.497 e. The molecular weight excluding hydrogens is 400 g/mol. The highest BCUT2D eigenvalue weighted by molar-refractivity contribution is 7.14. The number of rotatable bonds is 6. The van der Waals surface area contributed by atoms with Crippen molar-refractivity contribution >= 4 is 17.2 Å². The molecule has 0 radical (unpaired) electrons. The monoisotopic (exact) mass is 426 g/mol. The van der Waals surface area contributed by atoms with E-state index < -0.39 is 0 Å². The topological polar surface area (TPSA) is 71.7 Å². The lowest BCUT2D eigenvalue weighted by Crippen LogP contribution is -2.48. The first-order valence-electron chi connectivity index (χ1n) is 10.1. The zero-order chi connectivity index (χ0) is 21.1. The van der Waals surface area contributed by atoms with E-state index in [-0.39, 0.29) is 5.91 Å². The van der Waals surface area contributed by atoms with Crippen molar-refractivity contribution in [1.82, 2.24) is 19.9 Å². The van der Waals surface area contributed by atoms with Crippen molar-refractivity contribution in [2.75, 3.05) is 33.3 Å². The highest BCUT2D eigenvalue weighted by atomic mass is 32.1. The van der Waals surface area contributed by atoms with Crippen molar-refractivity contribution in [3.63, 3.8) is 0 Å². The van der Waals surface area contributed by atoms with E-state index in [0.29, 0.717) is 31.3 Å². The van der Waals surface area contributed by atoms with E-state index >= 15 is 0 Å². The van der Waals surface area contributed by atoms with Gasteiger partial charge in [0.15, 0.2) is 0 Å². The molecule has 0 unspecified atom stereocenters. The van der Waals surface area contributed by atoms with Gasteiger partial charge < -0.3 is 14.2 Å². The third kappa shape index (κ3) is 4.39. The molecule has 0 bridgehead atoms. The van der Waals surface area contributed by atoms with Crippen LogP contribution in [0.2, 0.25) is 0 Å².